The maximum absolute atomic E-state index is 10.9. The van der Waals surface area contributed by atoms with Crippen LogP contribution in [-0.2, 0) is 9.59 Å². The number of nitrogens with two attached hydrogens (primary N) is 1. The van der Waals surface area contributed by atoms with E-state index in [2.05, 4.69) is 13.8 Å². The van der Waals surface area contributed by atoms with E-state index in [0.29, 0.717) is 12.3 Å². The van der Waals surface area contributed by atoms with Crippen LogP contribution in [0.25, 0.3) is 0 Å². The van der Waals surface area contributed by atoms with Gasteiger partial charge in [-0.2, -0.15) is 0 Å². The molecule has 0 aliphatic carbocycles. The van der Waals surface area contributed by atoms with Crippen LogP contribution in [0.2, 0.25) is 0 Å². The smallest absolute Gasteiger partial charge is 0.303 e. The molecule has 0 bridgehead atoms. The number of carboxylic acids is 1. The molecule has 5 nitrogen and oxygen atoms in total. The van der Waals surface area contributed by atoms with E-state index in [0.717, 1.165) is 25.9 Å². The maximum Gasteiger partial charge on any atom is 0.303 e. The van der Waals surface area contributed by atoms with Gasteiger partial charge in [-0.3, -0.25) is 14.5 Å². The van der Waals surface area contributed by atoms with Gasteiger partial charge >= 0.3 is 5.97 Å². The van der Waals surface area contributed by atoms with E-state index in [9.17, 15) is 9.59 Å². The van der Waals surface area contributed by atoms with Gasteiger partial charge in [0, 0.05) is 13.0 Å². The van der Waals surface area contributed by atoms with Crippen molar-refractivity contribution in [1.29, 1.82) is 0 Å². The molecular weight excluding hydrogens is 220 g/mol. The molecule has 0 aromatic heterocycles. The molecule has 17 heavy (non-hydrogen) atoms. The highest BCUT2D eigenvalue weighted by molar-refractivity contribution is 5.75. The van der Waals surface area contributed by atoms with Crippen LogP contribution in [0.5, 0.6) is 0 Å². The predicted molar refractivity (Wildman–Crippen MR) is 66.6 cm³/mol. The summed E-state index contributed by atoms with van der Waals surface area (Å²) in [4.78, 5) is 23.2. The molecule has 0 aliphatic rings. The number of carbonyl (C=O) groups is 2. The molecule has 0 aliphatic heterocycles. The van der Waals surface area contributed by atoms with Gasteiger partial charge in [-0.15, -0.1) is 0 Å². The number of rotatable bonds is 10. The van der Waals surface area contributed by atoms with E-state index in [1.165, 1.54) is 0 Å². The van der Waals surface area contributed by atoms with Crippen molar-refractivity contribution in [2.24, 2.45) is 11.7 Å². The molecule has 0 aromatic carbocycles. The predicted octanol–water partition coefficient (Wildman–Crippen LogP) is 1.07. The molecule has 0 unspecified atom stereocenters. The lowest BCUT2D eigenvalue weighted by Gasteiger charge is -2.22. The van der Waals surface area contributed by atoms with Gasteiger partial charge < -0.3 is 10.8 Å². The van der Waals surface area contributed by atoms with Crippen molar-refractivity contribution in [3.63, 3.8) is 0 Å². The van der Waals surface area contributed by atoms with Gasteiger partial charge in [-0.05, 0) is 25.3 Å². The van der Waals surface area contributed by atoms with Crippen LogP contribution in [0.1, 0.15) is 39.5 Å². The third-order valence-electron chi connectivity index (χ3n) is 2.37. The molecule has 0 radical (unpaired) electrons. The molecule has 0 rings (SSSR count). The molecule has 1 amide bonds. The summed E-state index contributed by atoms with van der Waals surface area (Å²) in [7, 11) is 0. The lowest BCUT2D eigenvalue weighted by atomic mass is 10.1. The summed E-state index contributed by atoms with van der Waals surface area (Å²) in [6, 6.07) is 0. The summed E-state index contributed by atoms with van der Waals surface area (Å²) in [5.74, 6) is -0.564. The van der Waals surface area contributed by atoms with Crippen LogP contribution >= 0.6 is 0 Å². The topological polar surface area (TPSA) is 83.6 Å². The summed E-state index contributed by atoms with van der Waals surface area (Å²) in [6.45, 7) is 6.14. The molecule has 100 valence electrons. The molecule has 0 atom stereocenters. The first kappa shape index (κ1) is 15.9. The van der Waals surface area contributed by atoms with Crippen molar-refractivity contribution in [2.75, 3.05) is 19.6 Å². The van der Waals surface area contributed by atoms with Crippen LogP contribution in [0, 0.1) is 5.92 Å². The van der Waals surface area contributed by atoms with Gasteiger partial charge in [-0.1, -0.05) is 20.3 Å². The Labute approximate surface area is 103 Å². The first-order chi connectivity index (χ1) is 7.91. The summed E-state index contributed by atoms with van der Waals surface area (Å²) in [5, 5.41) is 8.49. The molecule has 0 saturated carbocycles. The minimum absolute atomic E-state index is 0.222. The Morgan fingerprint density at radius 1 is 1.24 bits per heavy atom. The standard InChI is InChI=1S/C12H24N2O3/c1-10(2)8-14(9-11(13)15)7-5-3-4-6-12(16)17/h10H,3-9H2,1-2H3,(H2,13,15)(H,16,17). The number of aliphatic carboxylic acids is 1. The van der Waals surface area contributed by atoms with Gasteiger partial charge in [0.2, 0.25) is 5.91 Å². The van der Waals surface area contributed by atoms with E-state index >= 15 is 0 Å². The summed E-state index contributed by atoms with van der Waals surface area (Å²) >= 11 is 0. The molecule has 3 N–H and O–H groups in total. The average molecular weight is 244 g/mol. The molecule has 0 fully saturated rings. The summed E-state index contributed by atoms with van der Waals surface area (Å²) in [5.41, 5.74) is 5.18. The largest absolute Gasteiger partial charge is 0.481 e. The summed E-state index contributed by atoms with van der Waals surface area (Å²) < 4.78 is 0. The fourth-order valence-corrected chi connectivity index (χ4v) is 1.76. The number of hydrogen-bond donors (Lipinski definition) is 2. The first-order valence-electron chi connectivity index (χ1n) is 6.14. The lowest BCUT2D eigenvalue weighted by molar-refractivity contribution is -0.137. The Morgan fingerprint density at radius 3 is 2.35 bits per heavy atom. The van der Waals surface area contributed by atoms with Crippen molar-refractivity contribution < 1.29 is 14.7 Å². The molecular formula is C12H24N2O3. The lowest BCUT2D eigenvalue weighted by Crippen LogP contribution is -2.36. The van der Waals surface area contributed by atoms with Gasteiger partial charge in [0.05, 0.1) is 6.54 Å². The van der Waals surface area contributed by atoms with Crippen molar-refractivity contribution in [3.8, 4) is 0 Å². The van der Waals surface area contributed by atoms with E-state index in [4.69, 9.17) is 10.8 Å². The highest BCUT2D eigenvalue weighted by Crippen LogP contribution is 2.04. The van der Waals surface area contributed by atoms with Gasteiger partial charge in [0.25, 0.3) is 0 Å². The van der Waals surface area contributed by atoms with Crippen molar-refractivity contribution in [1.82, 2.24) is 4.90 Å². The van der Waals surface area contributed by atoms with Crippen LogP contribution < -0.4 is 5.73 Å². The fraction of sp³-hybridized carbons (Fsp3) is 0.833. The van der Waals surface area contributed by atoms with Gasteiger partial charge in [0.15, 0.2) is 0 Å². The number of carboxylic acid groups (broad SMARTS) is 1. The van der Waals surface area contributed by atoms with E-state index in [1.54, 1.807) is 0 Å². The number of carbonyl (C=O) groups excluding carboxylic acids is 1. The monoisotopic (exact) mass is 244 g/mol. The fourth-order valence-electron chi connectivity index (χ4n) is 1.76. The second-order valence-electron chi connectivity index (χ2n) is 4.80. The zero-order chi connectivity index (χ0) is 13.3. The van der Waals surface area contributed by atoms with Crippen LogP contribution in [-0.4, -0.2) is 41.5 Å². The minimum Gasteiger partial charge on any atom is -0.481 e. The molecule has 0 heterocycles. The van der Waals surface area contributed by atoms with Crippen LogP contribution in [0.3, 0.4) is 0 Å². The zero-order valence-corrected chi connectivity index (χ0v) is 10.8. The quantitative estimate of drug-likeness (QED) is 0.563. The van der Waals surface area contributed by atoms with Crippen LogP contribution in [0.15, 0.2) is 0 Å². The van der Waals surface area contributed by atoms with Crippen molar-refractivity contribution in [2.45, 2.75) is 39.5 Å². The SMILES string of the molecule is CC(C)CN(CCCCCC(=O)O)CC(N)=O. The highest BCUT2D eigenvalue weighted by atomic mass is 16.4. The number of amides is 1. The molecule has 0 aromatic rings. The average Bonchev–Trinajstić information content (AvgIpc) is 2.14. The van der Waals surface area contributed by atoms with Gasteiger partial charge in [0.1, 0.15) is 0 Å². The number of nitrogens with zero attached hydrogens (tertiary/aromatic N) is 1. The Bertz CT molecular complexity index is 242. The Hall–Kier alpha value is -1.10. The Morgan fingerprint density at radius 2 is 1.88 bits per heavy atom. The summed E-state index contributed by atoms with van der Waals surface area (Å²) in [6.07, 6.45) is 2.70. The number of hydrogen-bond acceptors (Lipinski definition) is 3. The third-order valence-corrected chi connectivity index (χ3v) is 2.37. The molecule has 0 spiro atoms. The number of primary amides is 1. The van der Waals surface area contributed by atoms with E-state index < -0.39 is 5.97 Å². The Kier molecular flexibility index (Phi) is 8.40. The van der Waals surface area contributed by atoms with E-state index in [1.807, 2.05) is 4.90 Å². The van der Waals surface area contributed by atoms with Gasteiger partial charge in [-0.25, -0.2) is 0 Å². The second kappa shape index (κ2) is 8.98. The normalized spacial score (nSPS) is 11.1. The second-order valence-corrected chi connectivity index (χ2v) is 4.80. The minimum atomic E-state index is -0.749. The van der Waals surface area contributed by atoms with Crippen molar-refractivity contribution in [3.05, 3.63) is 0 Å². The maximum atomic E-state index is 10.9. The van der Waals surface area contributed by atoms with E-state index in [-0.39, 0.29) is 18.9 Å². The molecule has 5 heteroatoms. The van der Waals surface area contributed by atoms with Crippen LogP contribution in [0.4, 0.5) is 0 Å². The number of unbranched alkanes of at least 4 members (excludes halogenated alkanes) is 2. The Balaban J connectivity index is 3.75. The third kappa shape index (κ3) is 11.2. The zero-order valence-electron chi connectivity index (χ0n) is 10.8. The highest BCUT2D eigenvalue weighted by Gasteiger charge is 2.09. The molecule has 0 saturated heterocycles. The van der Waals surface area contributed by atoms with Crippen molar-refractivity contribution >= 4 is 11.9 Å². The first-order valence-corrected chi connectivity index (χ1v) is 6.14.